The fourth-order valence-electron chi connectivity index (χ4n) is 2.33. The van der Waals surface area contributed by atoms with Crippen LogP contribution < -0.4 is 0 Å². The Hall–Kier alpha value is -0.530. The normalized spacial score (nSPS) is 20.4. The molecule has 2 heteroatoms. The molecule has 0 radical (unpaired) electrons. The van der Waals surface area contributed by atoms with Gasteiger partial charge in [-0.25, -0.2) is 0 Å². The van der Waals surface area contributed by atoms with Gasteiger partial charge in [0.15, 0.2) is 0 Å². The second-order valence-electron chi connectivity index (χ2n) is 7.13. The molecule has 17 heavy (non-hydrogen) atoms. The fourth-order valence-corrected chi connectivity index (χ4v) is 2.33. The molecule has 2 fully saturated rings. The van der Waals surface area contributed by atoms with Crippen LogP contribution in [0.25, 0.3) is 0 Å². The van der Waals surface area contributed by atoms with Gasteiger partial charge in [-0.15, -0.1) is 0 Å². The predicted octanol–water partition coefficient (Wildman–Crippen LogP) is 3.60. The minimum atomic E-state index is 0.362. The molecule has 0 spiro atoms. The number of rotatable bonds is 6. The van der Waals surface area contributed by atoms with Gasteiger partial charge in [-0.3, -0.25) is 4.79 Å². The number of carbonyl (C=O) groups is 1. The van der Waals surface area contributed by atoms with Gasteiger partial charge in [0.1, 0.15) is 0 Å². The molecule has 2 aliphatic carbocycles. The van der Waals surface area contributed by atoms with Crippen LogP contribution in [0.5, 0.6) is 0 Å². The Labute approximate surface area is 106 Å². The monoisotopic (exact) mass is 237 g/mol. The Morgan fingerprint density at radius 3 is 2.29 bits per heavy atom. The summed E-state index contributed by atoms with van der Waals surface area (Å²) in [6.07, 6.45) is 8.16. The molecule has 0 aromatic rings. The van der Waals surface area contributed by atoms with Gasteiger partial charge in [0.2, 0.25) is 5.91 Å². The molecule has 0 bridgehead atoms. The van der Waals surface area contributed by atoms with Gasteiger partial charge in [-0.2, -0.15) is 0 Å². The van der Waals surface area contributed by atoms with Crippen molar-refractivity contribution in [1.29, 1.82) is 0 Å². The third-order valence-corrected chi connectivity index (χ3v) is 3.78. The highest BCUT2D eigenvalue weighted by molar-refractivity contribution is 5.76. The predicted molar refractivity (Wildman–Crippen MR) is 70.8 cm³/mol. The summed E-state index contributed by atoms with van der Waals surface area (Å²) in [5, 5.41) is 0. The summed E-state index contributed by atoms with van der Waals surface area (Å²) in [5.74, 6) is 1.26. The summed E-state index contributed by atoms with van der Waals surface area (Å²) >= 11 is 0. The second-order valence-corrected chi connectivity index (χ2v) is 7.13. The van der Waals surface area contributed by atoms with Gasteiger partial charge in [-0.05, 0) is 49.9 Å². The molecule has 0 saturated heterocycles. The molecule has 0 N–H and O–H groups in total. The molecule has 2 nitrogen and oxygen atoms in total. The Morgan fingerprint density at radius 1 is 1.18 bits per heavy atom. The van der Waals surface area contributed by atoms with Crippen molar-refractivity contribution in [3.63, 3.8) is 0 Å². The molecule has 0 aliphatic heterocycles. The molecule has 2 rings (SSSR count). The third kappa shape index (κ3) is 4.69. The Bertz CT molecular complexity index is 271. The Kier molecular flexibility index (Phi) is 3.79. The van der Waals surface area contributed by atoms with E-state index in [0.717, 1.165) is 31.7 Å². The van der Waals surface area contributed by atoms with Crippen LogP contribution in [0.15, 0.2) is 0 Å². The molecule has 0 aromatic heterocycles. The van der Waals surface area contributed by atoms with E-state index in [1.807, 2.05) is 0 Å². The molecule has 98 valence electrons. The summed E-state index contributed by atoms with van der Waals surface area (Å²) in [5.41, 5.74) is 0.362. The van der Waals surface area contributed by atoms with Crippen molar-refractivity contribution >= 4 is 5.91 Å². The van der Waals surface area contributed by atoms with Crippen molar-refractivity contribution in [1.82, 2.24) is 4.90 Å². The summed E-state index contributed by atoms with van der Waals surface area (Å²) in [4.78, 5) is 14.4. The van der Waals surface area contributed by atoms with E-state index in [0.29, 0.717) is 17.4 Å². The van der Waals surface area contributed by atoms with E-state index in [4.69, 9.17) is 0 Å². The maximum Gasteiger partial charge on any atom is 0.222 e. The van der Waals surface area contributed by atoms with Crippen molar-refractivity contribution in [3.8, 4) is 0 Å². The lowest BCUT2D eigenvalue weighted by Crippen LogP contribution is -2.34. The number of nitrogens with zero attached hydrogens (tertiary/aromatic N) is 1. The fraction of sp³-hybridized carbons (Fsp3) is 0.933. The summed E-state index contributed by atoms with van der Waals surface area (Å²) in [6.45, 7) is 7.81. The summed E-state index contributed by atoms with van der Waals surface area (Å²) < 4.78 is 0. The van der Waals surface area contributed by atoms with Gasteiger partial charge in [-0.1, -0.05) is 20.8 Å². The highest BCUT2D eigenvalue weighted by Gasteiger charge is 2.36. The SMILES string of the molecule is CC(C)(C)CCCC(=O)N(CC1CC1)C1CC1. The van der Waals surface area contributed by atoms with Crippen LogP contribution in [0.3, 0.4) is 0 Å². The van der Waals surface area contributed by atoms with Crippen molar-refractivity contribution in [3.05, 3.63) is 0 Å². The van der Waals surface area contributed by atoms with Crippen LogP contribution in [0, 0.1) is 11.3 Å². The summed E-state index contributed by atoms with van der Waals surface area (Å²) in [6, 6.07) is 0.609. The van der Waals surface area contributed by atoms with E-state index in [9.17, 15) is 4.79 Å². The van der Waals surface area contributed by atoms with Crippen LogP contribution in [0.1, 0.15) is 65.7 Å². The van der Waals surface area contributed by atoms with Gasteiger partial charge < -0.3 is 4.90 Å². The van der Waals surface area contributed by atoms with Crippen molar-refractivity contribution in [2.45, 2.75) is 71.8 Å². The van der Waals surface area contributed by atoms with Crippen molar-refractivity contribution in [2.24, 2.45) is 11.3 Å². The Morgan fingerprint density at radius 2 is 1.82 bits per heavy atom. The van der Waals surface area contributed by atoms with E-state index >= 15 is 0 Å². The largest absolute Gasteiger partial charge is 0.339 e. The number of amides is 1. The lowest BCUT2D eigenvalue weighted by Gasteiger charge is -2.23. The van der Waals surface area contributed by atoms with Gasteiger partial charge in [0.05, 0.1) is 0 Å². The van der Waals surface area contributed by atoms with Crippen LogP contribution >= 0.6 is 0 Å². The number of hydrogen-bond acceptors (Lipinski definition) is 1. The molecular formula is C15H27NO. The minimum Gasteiger partial charge on any atom is -0.339 e. The first kappa shape index (κ1) is 12.9. The minimum absolute atomic E-state index is 0.362. The zero-order valence-electron chi connectivity index (χ0n) is 11.7. The molecular weight excluding hydrogens is 210 g/mol. The molecule has 0 aromatic carbocycles. The topological polar surface area (TPSA) is 20.3 Å². The van der Waals surface area contributed by atoms with Crippen molar-refractivity contribution in [2.75, 3.05) is 6.54 Å². The number of hydrogen-bond donors (Lipinski definition) is 0. The molecule has 0 unspecified atom stereocenters. The number of carbonyl (C=O) groups excluding carboxylic acids is 1. The third-order valence-electron chi connectivity index (χ3n) is 3.78. The first-order chi connectivity index (χ1) is 7.96. The van der Waals surface area contributed by atoms with Crippen LogP contribution in [-0.2, 0) is 4.79 Å². The lowest BCUT2D eigenvalue weighted by molar-refractivity contribution is -0.132. The van der Waals surface area contributed by atoms with Crippen LogP contribution in [0.2, 0.25) is 0 Å². The van der Waals surface area contributed by atoms with Gasteiger partial charge in [0, 0.05) is 19.0 Å². The maximum absolute atomic E-state index is 12.2. The zero-order valence-corrected chi connectivity index (χ0v) is 11.7. The smallest absolute Gasteiger partial charge is 0.222 e. The molecule has 2 aliphatic rings. The average molecular weight is 237 g/mol. The highest BCUT2D eigenvalue weighted by atomic mass is 16.2. The first-order valence-electron chi connectivity index (χ1n) is 7.25. The van der Waals surface area contributed by atoms with Crippen molar-refractivity contribution < 1.29 is 4.79 Å². The van der Waals surface area contributed by atoms with Gasteiger partial charge in [0.25, 0.3) is 0 Å². The van der Waals surface area contributed by atoms with Gasteiger partial charge >= 0.3 is 0 Å². The quantitative estimate of drug-likeness (QED) is 0.691. The second kappa shape index (κ2) is 4.99. The molecule has 1 amide bonds. The molecule has 0 heterocycles. The maximum atomic E-state index is 12.2. The summed E-state index contributed by atoms with van der Waals surface area (Å²) in [7, 11) is 0. The van der Waals surface area contributed by atoms with E-state index < -0.39 is 0 Å². The van der Waals surface area contributed by atoms with E-state index in [1.54, 1.807) is 0 Å². The van der Waals surface area contributed by atoms with E-state index in [1.165, 1.54) is 25.7 Å². The average Bonchev–Trinajstić information content (AvgIpc) is 3.05. The molecule has 2 saturated carbocycles. The van der Waals surface area contributed by atoms with Crippen LogP contribution in [-0.4, -0.2) is 23.4 Å². The first-order valence-corrected chi connectivity index (χ1v) is 7.25. The highest BCUT2D eigenvalue weighted by Crippen LogP contribution is 2.35. The van der Waals surface area contributed by atoms with E-state index in [2.05, 4.69) is 25.7 Å². The Balaban J connectivity index is 1.72. The zero-order chi connectivity index (χ0) is 12.5. The molecule has 0 atom stereocenters. The van der Waals surface area contributed by atoms with E-state index in [-0.39, 0.29) is 0 Å². The van der Waals surface area contributed by atoms with Crippen LogP contribution in [0.4, 0.5) is 0 Å². The lowest BCUT2D eigenvalue weighted by atomic mass is 9.90. The standard InChI is InChI=1S/C15H27NO/c1-15(2,3)10-4-5-14(17)16(13-8-9-13)11-12-6-7-12/h12-13H,4-11H2,1-3H3.